The molecule has 0 aliphatic rings. The maximum Gasteiger partial charge on any atom is 0.308 e. The molecule has 3 rings (SSSR count). The number of carbonyl (C=O) groups excluding carboxylic acids is 1. The Balaban J connectivity index is 1.90. The summed E-state index contributed by atoms with van der Waals surface area (Å²) in [4.78, 5) is 28.6. The average Bonchev–Trinajstić information content (AvgIpc) is 2.97. The van der Waals surface area contributed by atoms with Gasteiger partial charge >= 0.3 is 5.97 Å². The number of carboxylic acid groups (broad SMARTS) is 1. The van der Waals surface area contributed by atoms with Gasteiger partial charge in [0.25, 0.3) is 5.91 Å². The number of aliphatic carboxylic acids is 1. The van der Waals surface area contributed by atoms with Crippen LogP contribution in [0.15, 0.2) is 54.6 Å². The van der Waals surface area contributed by atoms with Gasteiger partial charge in [0.05, 0.1) is 12.1 Å². The summed E-state index contributed by atoms with van der Waals surface area (Å²) in [5.41, 5.74) is 2.94. The SMILES string of the molecule is Cc1cccc(C(=O)Nc2nc(-c3ccccc3)c(CC(=O)O)s2)c1. The molecule has 0 atom stereocenters. The standard InChI is InChI=1S/C19H16N2O3S/c1-12-6-5-9-14(10-12)18(24)21-19-20-17(13-7-3-2-4-8-13)15(25-19)11-16(22)23/h2-10H,11H2,1H3,(H,22,23)(H,20,21,24). The molecule has 1 aromatic heterocycles. The molecule has 2 N–H and O–H groups in total. The van der Waals surface area contributed by atoms with Gasteiger partial charge in [0.15, 0.2) is 5.13 Å². The summed E-state index contributed by atoms with van der Waals surface area (Å²) in [6, 6.07) is 16.6. The smallest absolute Gasteiger partial charge is 0.308 e. The highest BCUT2D eigenvalue weighted by molar-refractivity contribution is 7.16. The van der Waals surface area contributed by atoms with Gasteiger partial charge in [-0.1, -0.05) is 48.0 Å². The van der Waals surface area contributed by atoms with E-state index in [0.29, 0.717) is 21.3 Å². The number of nitrogens with zero attached hydrogens (tertiary/aromatic N) is 1. The van der Waals surface area contributed by atoms with Crippen molar-refractivity contribution >= 4 is 28.3 Å². The number of aromatic nitrogens is 1. The number of anilines is 1. The van der Waals surface area contributed by atoms with E-state index in [-0.39, 0.29) is 12.3 Å². The van der Waals surface area contributed by atoms with Crippen molar-refractivity contribution in [3.05, 3.63) is 70.6 Å². The van der Waals surface area contributed by atoms with E-state index in [2.05, 4.69) is 10.3 Å². The molecule has 6 heteroatoms. The monoisotopic (exact) mass is 352 g/mol. The highest BCUT2D eigenvalue weighted by Crippen LogP contribution is 2.31. The van der Waals surface area contributed by atoms with E-state index in [1.807, 2.05) is 49.4 Å². The first-order valence-corrected chi connectivity index (χ1v) is 8.49. The minimum atomic E-state index is -0.933. The first-order chi connectivity index (χ1) is 12.0. The largest absolute Gasteiger partial charge is 0.481 e. The summed E-state index contributed by atoms with van der Waals surface area (Å²) in [5, 5.41) is 12.3. The van der Waals surface area contributed by atoms with Gasteiger partial charge in [-0.15, -0.1) is 11.3 Å². The lowest BCUT2D eigenvalue weighted by molar-refractivity contribution is -0.136. The molecule has 0 bridgehead atoms. The fourth-order valence-corrected chi connectivity index (χ4v) is 3.41. The maximum absolute atomic E-state index is 12.4. The van der Waals surface area contributed by atoms with Crippen molar-refractivity contribution in [3.63, 3.8) is 0 Å². The number of hydrogen-bond donors (Lipinski definition) is 2. The van der Waals surface area contributed by atoms with Crippen LogP contribution in [0.3, 0.4) is 0 Å². The summed E-state index contributed by atoms with van der Waals surface area (Å²) >= 11 is 1.19. The third kappa shape index (κ3) is 4.10. The topological polar surface area (TPSA) is 79.3 Å². The van der Waals surface area contributed by atoms with Crippen LogP contribution in [0.4, 0.5) is 5.13 Å². The van der Waals surface area contributed by atoms with Crippen LogP contribution in [0.1, 0.15) is 20.8 Å². The zero-order valence-corrected chi connectivity index (χ0v) is 14.3. The Labute approximate surface area is 149 Å². The van der Waals surface area contributed by atoms with Crippen molar-refractivity contribution in [2.75, 3.05) is 5.32 Å². The molecule has 0 saturated carbocycles. The van der Waals surface area contributed by atoms with E-state index in [9.17, 15) is 9.59 Å². The summed E-state index contributed by atoms with van der Waals surface area (Å²) in [6.07, 6.45) is -0.137. The molecule has 0 fully saturated rings. The Bertz CT molecular complexity index is 919. The van der Waals surface area contributed by atoms with Crippen molar-refractivity contribution in [2.24, 2.45) is 0 Å². The number of rotatable bonds is 5. The normalized spacial score (nSPS) is 10.4. The fourth-order valence-electron chi connectivity index (χ4n) is 2.44. The molecule has 2 aromatic carbocycles. The number of thiazole rings is 1. The molecule has 1 heterocycles. The van der Waals surface area contributed by atoms with Crippen LogP contribution in [-0.4, -0.2) is 22.0 Å². The van der Waals surface area contributed by atoms with Crippen molar-refractivity contribution < 1.29 is 14.7 Å². The Hall–Kier alpha value is -2.99. The molecule has 0 radical (unpaired) electrons. The number of carbonyl (C=O) groups is 2. The highest BCUT2D eigenvalue weighted by Gasteiger charge is 2.17. The summed E-state index contributed by atoms with van der Waals surface area (Å²) < 4.78 is 0. The Kier molecular flexibility index (Phi) is 4.90. The van der Waals surface area contributed by atoms with Crippen LogP contribution < -0.4 is 5.32 Å². The molecular weight excluding hydrogens is 336 g/mol. The predicted octanol–water partition coefficient (Wildman–Crippen LogP) is 4.00. The van der Waals surface area contributed by atoms with E-state index in [0.717, 1.165) is 11.1 Å². The highest BCUT2D eigenvalue weighted by atomic mass is 32.1. The van der Waals surface area contributed by atoms with Crippen molar-refractivity contribution in [3.8, 4) is 11.3 Å². The minimum absolute atomic E-state index is 0.137. The Morgan fingerprint density at radius 1 is 1.12 bits per heavy atom. The van der Waals surface area contributed by atoms with E-state index >= 15 is 0 Å². The second-order valence-electron chi connectivity index (χ2n) is 5.55. The second-order valence-corrected chi connectivity index (χ2v) is 6.63. The van der Waals surface area contributed by atoms with Crippen LogP contribution in [0.2, 0.25) is 0 Å². The zero-order chi connectivity index (χ0) is 17.8. The summed E-state index contributed by atoms with van der Waals surface area (Å²) in [6.45, 7) is 1.92. The molecule has 126 valence electrons. The van der Waals surface area contributed by atoms with Gasteiger partial charge in [0.2, 0.25) is 0 Å². The second kappa shape index (κ2) is 7.27. The number of nitrogens with one attached hydrogen (secondary N) is 1. The van der Waals surface area contributed by atoms with Crippen LogP contribution in [0, 0.1) is 6.92 Å². The molecular formula is C19H16N2O3S. The molecule has 5 nitrogen and oxygen atoms in total. The number of aryl methyl sites for hydroxylation is 1. The van der Waals surface area contributed by atoms with Gasteiger partial charge in [-0.3, -0.25) is 14.9 Å². The van der Waals surface area contributed by atoms with Crippen LogP contribution in [-0.2, 0) is 11.2 Å². The number of benzene rings is 2. The third-order valence-corrected chi connectivity index (χ3v) is 4.53. The lowest BCUT2D eigenvalue weighted by Gasteiger charge is -2.02. The average molecular weight is 352 g/mol. The summed E-state index contributed by atoms with van der Waals surface area (Å²) in [7, 11) is 0. The fraction of sp³-hybridized carbons (Fsp3) is 0.105. The first-order valence-electron chi connectivity index (χ1n) is 7.68. The van der Waals surface area contributed by atoms with Gasteiger partial charge in [-0.25, -0.2) is 4.98 Å². The Morgan fingerprint density at radius 3 is 2.56 bits per heavy atom. The van der Waals surface area contributed by atoms with Crippen molar-refractivity contribution in [1.29, 1.82) is 0 Å². The van der Waals surface area contributed by atoms with Gasteiger partial charge < -0.3 is 5.11 Å². The Morgan fingerprint density at radius 2 is 1.88 bits per heavy atom. The molecule has 0 aliphatic heterocycles. The molecule has 0 spiro atoms. The van der Waals surface area contributed by atoms with Gasteiger partial charge in [-0.2, -0.15) is 0 Å². The molecule has 0 unspecified atom stereocenters. The first kappa shape index (κ1) is 16.9. The van der Waals surface area contributed by atoms with Crippen LogP contribution >= 0.6 is 11.3 Å². The van der Waals surface area contributed by atoms with Crippen LogP contribution in [0.25, 0.3) is 11.3 Å². The van der Waals surface area contributed by atoms with E-state index < -0.39 is 5.97 Å². The van der Waals surface area contributed by atoms with Crippen molar-refractivity contribution in [1.82, 2.24) is 4.98 Å². The third-order valence-electron chi connectivity index (χ3n) is 3.56. The zero-order valence-electron chi connectivity index (χ0n) is 13.5. The molecule has 0 aliphatic carbocycles. The molecule has 25 heavy (non-hydrogen) atoms. The molecule has 3 aromatic rings. The van der Waals surface area contributed by atoms with E-state index in [1.165, 1.54) is 11.3 Å². The lowest BCUT2D eigenvalue weighted by Crippen LogP contribution is -2.11. The number of hydrogen-bond acceptors (Lipinski definition) is 4. The summed E-state index contributed by atoms with van der Waals surface area (Å²) in [5.74, 6) is -1.20. The molecule has 1 amide bonds. The molecule has 0 saturated heterocycles. The quantitative estimate of drug-likeness (QED) is 0.727. The number of carboxylic acids is 1. The maximum atomic E-state index is 12.4. The van der Waals surface area contributed by atoms with Crippen molar-refractivity contribution in [2.45, 2.75) is 13.3 Å². The van der Waals surface area contributed by atoms with Gasteiger partial charge in [0.1, 0.15) is 0 Å². The lowest BCUT2D eigenvalue weighted by atomic mass is 10.1. The number of amides is 1. The van der Waals surface area contributed by atoms with E-state index in [4.69, 9.17) is 5.11 Å². The van der Waals surface area contributed by atoms with Crippen LogP contribution in [0.5, 0.6) is 0 Å². The van der Waals surface area contributed by atoms with Gasteiger partial charge in [0, 0.05) is 16.0 Å². The minimum Gasteiger partial charge on any atom is -0.481 e. The predicted molar refractivity (Wildman–Crippen MR) is 98.0 cm³/mol. The van der Waals surface area contributed by atoms with E-state index in [1.54, 1.807) is 12.1 Å². The van der Waals surface area contributed by atoms with Gasteiger partial charge in [-0.05, 0) is 19.1 Å².